The van der Waals surface area contributed by atoms with Crippen molar-refractivity contribution in [3.05, 3.63) is 12.2 Å². The van der Waals surface area contributed by atoms with Crippen LogP contribution in [-0.4, -0.2) is 12.7 Å². The molecule has 0 aromatic heterocycles. The third-order valence-corrected chi connectivity index (χ3v) is 1.41. The van der Waals surface area contributed by atoms with E-state index in [0.717, 1.165) is 25.7 Å². The highest BCUT2D eigenvalue weighted by Crippen LogP contribution is 1.97. The second-order valence-corrected chi connectivity index (χ2v) is 2.54. The molecule has 3 nitrogen and oxygen atoms in total. The van der Waals surface area contributed by atoms with E-state index < -0.39 is 6.09 Å². The Morgan fingerprint density at radius 1 is 1.42 bits per heavy atom. The molecule has 0 unspecified atom stereocenters. The fraction of sp³-hybridized carbons (Fsp3) is 0.667. The van der Waals surface area contributed by atoms with Gasteiger partial charge in [-0.15, -0.1) is 0 Å². The molecule has 0 aromatic carbocycles. The maximum Gasteiger partial charge on any atom is 0.404 e. The predicted octanol–water partition coefficient (Wildman–Crippen LogP) is 2.22. The number of carbonyl (C=O) groups is 1. The summed E-state index contributed by atoms with van der Waals surface area (Å²) in [5, 5.41) is 0. The number of carbonyl (C=O) groups excluding carboxylic acids is 1. The van der Waals surface area contributed by atoms with Crippen LogP contribution in [0.15, 0.2) is 12.2 Å². The highest BCUT2D eigenvalue weighted by Gasteiger charge is 1.91. The van der Waals surface area contributed by atoms with Gasteiger partial charge in [-0.25, -0.2) is 4.79 Å². The van der Waals surface area contributed by atoms with Crippen LogP contribution in [0, 0.1) is 0 Å². The number of unbranched alkanes of at least 4 members (excludes halogenated alkanes) is 2. The monoisotopic (exact) mass is 171 g/mol. The summed E-state index contributed by atoms with van der Waals surface area (Å²) in [7, 11) is 0. The van der Waals surface area contributed by atoms with E-state index in [0.29, 0.717) is 6.61 Å². The molecule has 0 saturated carbocycles. The number of amides is 1. The maximum atomic E-state index is 10.1. The minimum absolute atomic E-state index is 0.440. The number of hydrogen-bond donors (Lipinski definition) is 1. The average molecular weight is 171 g/mol. The van der Waals surface area contributed by atoms with E-state index in [4.69, 9.17) is 5.73 Å². The third kappa shape index (κ3) is 9.01. The van der Waals surface area contributed by atoms with Crippen LogP contribution in [0.3, 0.4) is 0 Å². The van der Waals surface area contributed by atoms with Gasteiger partial charge in [-0.05, 0) is 25.7 Å². The smallest absolute Gasteiger partial charge is 0.404 e. The molecule has 0 heterocycles. The van der Waals surface area contributed by atoms with E-state index in [2.05, 4.69) is 23.8 Å². The number of rotatable bonds is 6. The second kappa shape index (κ2) is 8.11. The van der Waals surface area contributed by atoms with Crippen molar-refractivity contribution in [2.24, 2.45) is 5.73 Å². The van der Waals surface area contributed by atoms with Crippen LogP contribution in [0.1, 0.15) is 32.6 Å². The van der Waals surface area contributed by atoms with Gasteiger partial charge in [0.15, 0.2) is 0 Å². The van der Waals surface area contributed by atoms with Gasteiger partial charge in [0.25, 0.3) is 0 Å². The molecule has 0 aromatic rings. The SMILES string of the molecule is CCC=CCCCCOC(N)=O. The third-order valence-electron chi connectivity index (χ3n) is 1.41. The lowest BCUT2D eigenvalue weighted by Crippen LogP contribution is -2.13. The van der Waals surface area contributed by atoms with Gasteiger partial charge in [-0.1, -0.05) is 19.1 Å². The first kappa shape index (κ1) is 11.0. The number of primary amides is 1. The van der Waals surface area contributed by atoms with Crippen LogP contribution < -0.4 is 5.73 Å². The minimum atomic E-state index is -0.681. The highest BCUT2D eigenvalue weighted by molar-refractivity contribution is 5.64. The summed E-state index contributed by atoms with van der Waals surface area (Å²) in [6.07, 6.45) is 7.66. The molecule has 0 saturated heterocycles. The van der Waals surface area contributed by atoms with Crippen molar-refractivity contribution in [3.8, 4) is 0 Å². The van der Waals surface area contributed by atoms with E-state index in [-0.39, 0.29) is 0 Å². The summed E-state index contributed by atoms with van der Waals surface area (Å²) in [6, 6.07) is 0. The zero-order valence-electron chi connectivity index (χ0n) is 7.58. The zero-order chi connectivity index (χ0) is 9.23. The summed E-state index contributed by atoms with van der Waals surface area (Å²) in [5.41, 5.74) is 4.78. The molecule has 0 atom stereocenters. The van der Waals surface area contributed by atoms with Gasteiger partial charge in [0.05, 0.1) is 6.61 Å². The van der Waals surface area contributed by atoms with Gasteiger partial charge >= 0.3 is 6.09 Å². The molecule has 0 spiro atoms. The Kier molecular flexibility index (Phi) is 7.44. The lowest BCUT2D eigenvalue weighted by atomic mass is 10.2. The topological polar surface area (TPSA) is 52.3 Å². The van der Waals surface area contributed by atoms with Crippen LogP contribution in [0.2, 0.25) is 0 Å². The number of nitrogens with two attached hydrogens (primary N) is 1. The largest absolute Gasteiger partial charge is 0.450 e. The van der Waals surface area contributed by atoms with E-state index >= 15 is 0 Å². The molecule has 1 amide bonds. The molecule has 0 bridgehead atoms. The van der Waals surface area contributed by atoms with Crippen LogP contribution in [-0.2, 0) is 4.74 Å². The van der Waals surface area contributed by atoms with E-state index in [1.54, 1.807) is 0 Å². The maximum absolute atomic E-state index is 10.1. The number of ether oxygens (including phenoxy) is 1. The van der Waals surface area contributed by atoms with Crippen molar-refractivity contribution in [2.45, 2.75) is 32.6 Å². The van der Waals surface area contributed by atoms with Crippen molar-refractivity contribution < 1.29 is 9.53 Å². The lowest BCUT2D eigenvalue weighted by Gasteiger charge is -1.98. The van der Waals surface area contributed by atoms with Crippen LogP contribution in [0.4, 0.5) is 4.79 Å². The van der Waals surface area contributed by atoms with E-state index in [1.165, 1.54) is 0 Å². The first-order valence-corrected chi connectivity index (χ1v) is 4.34. The molecule has 0 fully saturated rings. The molecule has 0 radical (unpaired) electrons. The summed E-state index contributed by atoms with van der Waals surface area (Å²) >= 11 is 0. The fourth-order valence-corrected chi connectivity index (χ4v) is 0.822. The van der Waals surface area contributed by atoms with Gasteiger partial charge in [0, 0.05) is 0 Å². The first-order chi connectivity index (χ1) is 5.77. The molecular weight excluding hydrogens is 154 g/mol. The predicted molar refractivity (Wildman–Crippen MR) is 48.8 cm³/mol. The minimum Gasteiger partial charge on any atom is -0.450 e. The van der Waals surface area contributed by atoms with Crippen molar-refractivity contribution in [2.75, 3.05) is 6.61 Å². The Labute approximate surface area is 73.6 Å². The van der Waals surface area contributed by atoms with Gasteiger partial charge in [0.1, 0.15) is 0 Å². The van der Waals surface area contributed by atoms with E-state index in [1.807, 2.05) is 0 Å². The summed E-state index contributed by atoms with van der Waals surface area (Å²) in [6.45, 7) is 2.54. The molecule has 12 heavy (non-hydrogen) atoms. The Balaban J connectivity index is 3.00. The summed E-state index contributed by atoms with van der Waals surface area (Å²) in [5.74, 6) is 0. The van der Waals surface area contributed by atoms with E-state index in [9.17, 15) is 4.79 Å². The van der Waals surface area contributed by atoms with Crippen molar-refractivity contribution in [3.63, 3.8) is 0 Å². The van der Waals surface area contributed by atoms with Gasteiger partial charge in [0.2, 0.25) is 0 Å². The summed E-state index contributed by atoms with van der Waals surface area (Å²) < 4.78 is 4.56. The average Bonchev–Trinajstić information content (AvgIpc) is 2.02. The molecule has 0 rings (SSSR count). The van der Waals surface area contributed by atoms with Crippen molar-refractivity contribution in [1.82, 2.24) is 0 Å². The molecule has 3 heteroatoms. The number of allylic oxidation sites excluding steroid dienone is 2. The zero-order valence-corrected chi connectivity index (χ0v) is 7.58. The molecule has 2 N–H and O–H groups in total. The van der Waals surface area contributed by atoms with Crippen molar-refractivity contribution in [1.29, 1.82) is 0 Å². The molecule has 0 aliphatic heterocycles. The normalized spacial score (nSPS) is 10.4. The van der Waals surface area contributed by atoms with Crippen LogP contribution >= 0.6 is 0 Å². The van der Waals surface area contributed by atoms with Gasteiger partial charge in [-0.3, -0.25) is 0 Å². The Morgan fingerprint density at radius 3 is 2.75 bits per heavy atom. The Hall–Kier alpha value is -0.990. The van der Waals surface area contributed by atoms with Gasteiger partial charge in [-0.2, -0.15) is 0 Å². The molecular formula is C9H17NO2. The number of hydrogen-bond acceptors (Lipinski definition) is 2. The van der Waals surface area contributed by atoms with Gasteiger partial charge < -0.3 is 10.5 Å². The fourth-order valence-electron chi connectivity index (χ4n) is 0.822. The first-order valence-electron chi connectivity index (χ1n) is 4.34. The Bertz CT molecular complexity index is 143. The highest BCUT2D eigenvalue weighted by atomic mass is 16.5. The molecule has 0 aliphatic carbocycles. The second-order valence-electron chi connectivity index (χ2n) is 2.54. The Morgan fingerprint density at radius 2 is 2.17 bits per heavy atom. The standard InChI is InChI=1S/C9H17NO2/c1-2-3-4-5-6-7-8-12-9(10)11/h3-4H,2,5-8H2,1H3,(H2,10,11). The van der Waals surface area contributed by atoms with Crippen molar-refractivity contribution >= 4 is 6.09 Å². The molecule has 0 aliphatic rings. The summed E-state index contributed by atoms with van der Waals surface area (Å²) in [4.78, 5) is 10.1. The lowest BCUT2D eigenvalue weighted by molar-refractivity contribution is 0.154. The quantitative estimate of drug-likeness (QED) is 0.492. The van der Waals surface area contributed by atoms with Crippen LogP contribution in [0.5, 0.6) is 0 Å². The van der Waals surface area contributed by atoms with Crippen LogP contribution in [0.25, 0.3) is 0 Å². The molecule has 70 valence electrons.